The number of nitrogens with one attached hydrogen (secondary N) is 1. The fourth-order valence-electron chi connectivity index (χ4n) is 2.19. The van der Waals surface area contributed by atoms with E-state index in [1.165, 1.54) is 11.1 Å². The van der Waals surface area contributed by atoms with Gasteiger partial charge in [0.2, 0.25) is 5.91 Å². The van der Waals surface area contributed by atoms with Gasteiger partial charge in [0.25, 0.3) is 5.91 Å². The molecule has 1 aromatic carbocycles. The molecule has 0 fully saturated rings. The monoisotopic (exact) mass is 399 g/mol. The molecule has 0 radical (unpaired) electrons. The summed E-state index contributed by atoms with van der Waals surface area (Å²) in [6.45, 7) is 2.18. The van der Waals surface area contributed by atoms with Crippen molar-refractivity contribution >= 4 is 52.3 Å². The van der Waals surface area contributed by atoms with Gasteiger partial charge in [0.15, 0.2) is 0 Å². The van der Waals surface area contributed by atoms with Crippen LogP contribution < -0.4 is 5.32 Å². The number of hydrogen-bond acceptors (Lipinski definition) is 3. The molecule has 0 unspecified atom stereocenters. The molecule has 132 valence electrons. The third kappa shape index (κ3) is 5.33. The van der Waals surface area contributed by atoms with Crippen LogP contribution in [-0.2, 0) is 4.79 Å². The summed E-state index contributed by atoms with van der Waals surface area (Å²) < 4.78 is 0. The van der Waals surface area contributed by atoms with Gasteiger partial charge in [-0.2, -0.15) is 0 Å². The molecule has 0 atom stereocenters. The van der Waals surface area contributed by atoms with Crippen LogP contribution in [0.5, 0.6) is 0 Å². The number of nitrogens with zero attached hydrogens (tertiary/aromatic N) is 2. The lowest BCUT2D eigenvalue weighted by Gasteiger charge is -2.22. The predicted octanol–water partition coefficient (Wildman–Crippen LogP) is 4.53. The van der Waals surface area contributed by atoms with E-state index in [1.54, 1.807) is 30.3 Å². The Kier molecular flexibility index (Phi) is 7.05. The van der Waals surface area contributed by atoms with Crippen LogP contribution in [0, 0.1) is 0 Å². The predicted molar refractivity (Wildman–Crippen MR) is 101 cm³/mol. The Balaban J connectivity index is 2.13. The summed E-state index contributed by atoms with van der Waals surface area (Å²) >= 11 is 17.9. The number of amides is 2. The van der Waals surface area contributed by atoms with E-state index in [2.05, 4.69) is 10.3 Å². The van der Waals surface area contributed by atoms with Crippen molar-refractivity contribution in [2.75, 3.05) is 18.4 Å². The highest BCUT2D eigenvalue weighted by molar-refractivity contribution is 6.35. The first-order chi connectivity index (χ1) is 11.9. The zero-order valence-corrected chi connectivity index (χ0v) is 15.7. The molecule has 8 heteroatoms. The molecule has 2 aromatic rings. The van der Waals surface area contributed by atoms with Crippen LogP contribution in [0.4, 0.5) is 5.69 Å². The highest BCUT2D eigenvalue weighted by atomic mass is 35.5. The van der Waals surface area contributed by atoms with Crippen molar-refractivity contribution in [1.29, 1.82) is 0 Å². The van der Waals surface area contributed by atoms with Crippen molar-refractivity contribution in [3.05, 3.63) is 57.3 Å². The van der Waals surface area contributed by atoms with E-state index in [0.717, 1.165) is 0 Å². The molecule has 0 aliphatic heterocycles. The van der Waals surface area contributed by atoms with Gasteiger partial charge in [0.1, 0.15) is 11.7 Å². The van der Waals surface area contributed by atoms with Crippen LogP contribution in [0.25, 0.3) is 0 Å². The molecule has 0 aliphatic rings. The van der Waals surface area contributed by atoms with Crippen molar-refractivity contribution in [2.24, 2.45) is 0 Å². The minimum Gasteiger partial charge on any atom is -0.329 e. The first-order valence-electron chi connectivity index (χ1n) is 7.57. The average Bonchev–Trinajstić information content (AvgIpc) is 2.57. The lowest BCUT2D eigenvalue weighted by Crippen LogP contribution is -2.38. The van der Waals surface area contributed by atoms with Crippen LogP contribution in [0.15, 0.2) is 36.5 Å². The Morgan fingerprint density at radius 2 is 1.96 bits per heavy atom. The van der Waals surface area contributed by atoms with Crippen molar-refractivity contribution in [1.82, 2.24) is 9.88 Å². The van der Waals surface area contributed by atoms with E-state index in [0.29, 0.717) is 28.7 Å². The number of aromatic nitrogens is 1. The van der Waals surface area contributed by atoms with Crippen molar-refractivity contribution in [2.45, 2.75) is 13.3 Å². The molecular formula is C17H16Cl3N3O2. The van der Waals surface area contributed by atoms with Gasteiger partial charge >= 0.3 is 0 Å². The molecule has 25 heavy (non-hydrogen) atoms. The molecule has 0 aliphatic carbocycles. The summed E-state index contributed by atoms with van der Waals surface area (Å²) in [5.74, 6) is -0.738. The second-order valence-corrected chi connectivity index (χ2v) is 6.44. The third-order valence-corrected chi connectivity index (χ3v) is 4.17. The quantitative estimate of drug-likeness (QED) is 0.724. The van der Waals surface area contributed by atoms with Gasteiger partial charge in [-0.15, -0.1) is 0 Å². The molecule has 2 rings (SSSR count). The number of rotatable bonds is 6. The first kappa shape index (κ1) is 19.5. The second-order valence-electron chi connectivity index (χ2n) is 5.24. The van der Waals surface area contributed by atoms with Gasteiger partial charge in [-0.1, -0.05) is 41.7 Å². The number of anilines is 1. The molecule has 5 nitrogen and oxygen atoms in total. The van der Waals surface area contributed by atoms with E-state index >= 15 is 0 Å². The molecule has 0 saturated carbocycles. The fraction of sp³-hybridized carbons (Fsp3) is 0.235. The van der Waals surface area contributed by atoms with Crippen LogP contribution in [0.2, 0.25) is 15.2 Å². The van der Waals surface area contributed by atoms with E-state index in [1.807, 2.05) is 6.92 Å². The number of pyridine rings is 1. The summed E-state index contributed by atoms with van der Waals surface area (Å²) in [6, 6.07) is 7.95. The van der Waals surface area contributed by atoms with Gasteiger partial charge in [-0.25, -0.2) is 4.98 Å². The zero-order chi connectivity index (χ0) is 18.4. The van der Waals surface area contributed by atoms with Gasteiger partial charge in [0, 0.05) is 17.8 Å². The molecule has 2 amide bonds. The van der Waals surface area contributed by atoms with Crippen LogP contribution in [0.1, 0.15) is 23.7 Å². The zero-order valence-electron chi connectivity index (χ0n) is 13.4. The molecule has 1 aromatic heterocycles. The summed E-state index contributed by atoms with van der Waals surface area (Å²) in [4.78, 5) is 30.3. The van der Waals surface area contributed by atoms with Crippen LogP contribution in [-0.4, -0.2) is 34.8 Å². The number of hydrogen-bond donors (Lipinski definition) is 1. The molecule has 0 spiro atoms. The maximum Gasteiger partial charge on any atom is 0.257 e. The van der Waals surface area contributed by atoms with E-state index in [9.17, 15) is 9.59 Å². The minimum absolute atomic E-state index is 0.104. The summed E-state index contributed by atoms with van der Waals surface area (Å²) in [6.07, 6.45) is 2.19. The van der Waals surface area contributed by atoms with Gasteiger partial charge in [-0.3, -0.25) is 9.59 Å². The Morgan fingerprint density at radius 1 is 1.20 bits per heavy atom. The van der Waals surface area contributed by atoms with Gasteiger partial charge < -0.3 is 10.2 Å². The van der Waals surface area contributed by atoms with Crippen molar-refractivity contribution in [3.63, 3.8) is 0 Å². The smallest absolute Gasteiger partial charge is 0.257 e. The molecule has 0 saturated heterocycles. The standard InChI is InChI=1S/C17H16Cl3N3O2/c1-2-8-23(17(25)12-4-3-7-21-16(12)20)10-15(24)22-14-9-11(18)5-6-13(14)19/h3-7,9H,2,8,10H2,1H3,(H,22,24). The van der Waals surface area contributed by atoms with E-state index < -0.39 is 0 Å². The average molecular weight is 401 g/mol. The lowest BCUT2D eigenvalue weighted by atomic mass is 10.2. The van der Waals surface area contributed by atoms with Crippen LogP contribution in [0.3, 0.4) is 0 Å². The van der Waals surface area contributed by atoms with Crippen molar-refractivity contribution < 1.29 is 9.59 Å². The van der Waals surface area contributed by atoms with E-state index in [-0.39, 0.29) is 29.1 Å². The summed E-state index contributed by atoms with van der Waals surface area (Å²) in [5.41, 5.74) is 0.647. The molecular weight excluding hydrogens is 385 g/mol. The maximum absolute atomic E-state index is 12.6. The third-order valence-electron chi connectivity index (χ3n) is 3.31. The fourth-order valence-corrected chi connectivity index (χ4v) is 2.73. The SMILES string of the molecule is CCCN(CC(=O)Nc1cc(Cl)ccc1Cl)C(=O)c1cccnc1Cl. The Labute approximate surface area is 160 Å². The van der Waals surface area contributed by atoms with Crippen molar-refractivity contribution in [3.8, 4) is 0 Å². The van der Waals surface area contributed by atoms with Gasteiger partial charge in [-0.05, 0) is 36.8 Å². The normalized spacial score (nSPS) is 10.4. The highest BCUT2D eigenvalue weighted by Crippen LogP contribution is 2.25. The molecule has 1 N–H and O–H groups in total. The van der Waals surface area contributed by atoms with Crippen LogP contribution >= 0.6 is 34.8 Å². The Morgan fingerprint density at radius 3 is 2.64 bits per heavy atom. The highest BCUT2D eigenvalue weighted by Gasteiger charge is 2.21. The largest absolute Gasteiger partial charge is 0.329 e. The number of carbonyl (C=O) groups excluding carboxylic acids is 2. The van der Waals surface area contributed by atoms with E-state index in [4.69, 9.17) is 34.8 Å². The lowest BCUT2D eigenvalue weighted by molar-refractivity contribution is -0.116. The summed E-state index contributed by atoms with van der Waals surface area (Å²) in [5, 5.41) is 3.58. The number of benzene rings is 1. The molecule has 1 heterocycles. The second kappa shape index (κ2) is 9.04. The summed E-state index contributed by atoms with van der Waals surface area (Å²) in [7, 11) is 0. The molecule has 0 bridgehead atoms. The number of halogens is 3. The first-order valence-corrected chi connectivity index (χ1v) is 8.70. The number of carbonyl (C=O) groups is 2. The topological polar surface area (TPSA) is 62.3 Å². The maximum atomic E-state index is 12.6. The van der Waals surface area contributed by atoms with Gasteiger partial charge in [0.05, 0.1) is 16.3 Å². The Bertz CT molecular complexity index is 783. The minimum atomic E-state index is -0.383. The Hall–Kier alpha value is -1.82.